The highest BCUT2D eigenvalue weighted by molar-refractivity contribution is 6.30. The van der Waals surface area contributed by atoms with Crippen LogP contribution < -0.4 is 4.74 Å². The second-order valence-electron chi connectivity index (χ2n) is 7.74. The highest BCUT2D eigenvalue weighted by Crippen LogP contribution is 2.60. The second kappa shape index (κ2) is 9.00. The summed E-state index contributed by atoms with van der Waals surface area (Å²) in [5.74, 6) is -1.83. The lowest BCUT2D eigenvalue weighted by Crippen LogP contribution is -2.15. The Bertz CT molecular complexity index is 1080. The van der Waals surface area contributed by atoms with Crippen molar-refractivity contribution in [1.29, 1.82) is 5.26 Å². The number of hydrogen-bond acceptors (Lipinski definition) is 5. The largest absolute Gasteiger partial charge is 0.440 e. The maximum Gasteiger partial charge on any atom is 0.426 e. The molecular weight excluding hydrogens is 468 g/mol. The molecule has 0 radical (unpaired) electrons. The molecule has 10 heteroatoms. The molecule has 32 heavy (non-hydrogen) atoms. The summed E-state index contributed by atoms with van der Waals surface area (Å²) in [5.41, 5.74) is -0.679. The summed E-state index contributed by atoms with van der Waals surface area (Å²) in [6.45, 7) is 3.25. The SMILES string of the molecule is CC1(C)[C@H](/C=C(\Cl)C(F)(F)F)[C@@H]1C(=O)OC(C#N)c1cccc(Oc2ccc(Cl)cc2)n1. The number of alkyl halides is 3. The van der Waals surface area contributed by atoms with E-state index in [4.69, 9.17) is 32.7 Å². The van der Waals surface area contributed by atoms with E-state index in [0.29, 0.717) is 10.8 Å². The van der Waals surface area contributed by atoms with Gasteiger partial charge in [0.15, 0.2) is 0 Å². The number of nitriles is 1. The summed E-state index contributed by atoms with van der Waals surface area (Å²) >= 11 is 11.1. The van der Waals surface area contributed by atoms with E-state index in [2.05, 4.69) is 4.98 Å². The molecule has 3 atom stereocenters. The molecule has 0 spiro atoms. The summed E-state index contributed by atoms with van der Waals surface area (Å²) in [5, 5.41) is 8.72. The summed E-state index contributed by atoms with van der Waals surface area (Å²) < 4.78 is 49.1. The molecule has 1 saturated carbocycles. The molecular formula is C22H17Cl2F3N2O3. The third-order valence-electron chi connectivity index (χ3n) is 5.16. The minimum Gasteiger partial charge on any atom is -0.440 e. The van der Waals surface area contributed by atoms with Gasteiger partial charge in [-0.2, -0.15) is 18.4 Å². The van der Waals surface area contributed by atoms with Gasteiger partial charge in [0.05, 0.1) is 11.6 Å². The van der Waals surface area contributed by atoms with Crippen LogP contribution in [0.4, 0.5) is 13.2 Å². The van der Waals surface area contributed by atoms with Crippen LogP contribution in [0.5, 0.6) is 11.6 Å². The third kappa shape index (κ3) is 5.34. The van der Waals surface area contributed by atoms with Crippen molar-refractivity contribution in [2.45, 2.75) is 26.1 Å². The van der Waals surface area contributed by atoms with Crippen LogP contribution in [-0.4, -0.2) is 17.1 Å². The number of ether oxygens (including phenoxy) is 2. The lowest BCUT2D eigenvalue weighted by atomic mass is 10.1. The number of pyridine rings is 1. The molecule has 3 rings (SSSR count). The standard InChI is InChI=1S/C22H17Cl2F3N2O3/c1-21(2)14(10-17(24)22(25,26)27)19(21)20(30)32-16(11-28)15-4-3-5-18(29-15)31-13-8-6-12(23)7-9-13/h3-10,14,16,19H,1-2H3/b17-10-/t14-,16?,19-/m1/s1. The molecule has 0 saturated heterocycles. The van der Waals surface area contributed by atoms with Gasteiger partial charge in [0.2, 0.25) is 12.0 Å². The number of halogens is 5. The van der Waals surface area contributed by atoms with E-state index in [-0.39, 0.29) is 11.6 Å². The summed E-state index contributed by atoms with van der Waals surface area (Å²) in [6.07, 6.45) is -5.25. The quantitative estimate of drug-likeness (QED) is 0.432. The number of benzene rings is 1. The van der Waals surface area contributed by atoms with Gasteiger partial charge in [0, 0.05) is 11.1 Å². The highest BCUT2D eigenvalue weighted by atomic mass is 35.5. The molecule has 1 heterocycles. The van der Waals surface area contributed by atoms with Gasteiger partial charge >= 0.3 is 12.1 Å². The van der Waals surface area contributed by atoms with Crippen molar-refractivity contribution in [3.8, 4) is 17.7 Å². The second-order valence-corrected chi connectivity index (χ2v) is 8.58. The first kappa shape index (κ1) is 23.9. The Labute approximate surface area is 192 Å². The van der Waals surface area contributed by atoms with Crippen molar-refractivity contribution in [2.24, 2.45) is 17.3 Å². The van der Waals surface area contributed by atoms with Crippen molar-refractivity contribution < 1.29 is 27.4 Å². The fourth-order valence-corrected chi connectivity index (χ4v) is 3.55. The van der Waals surface area contributed by atoms with Crippen LogP contribution in [0, 0.1) is 28.6 Å². The van der Waals surface area contributed by atoms with Gasteiger partial charge in [0.25, 0.3) is 0 Å². The molecule has 1 aliphatic carbocycles. The maximum absolute atomic E-state index is 12.7. The summed E-state index contributed by atoms with van der Waals surface area (Å²) in [4.78, 5) is 16.8. The third-order valence-corrected chi connectivity index (χ3v) is 5.75. The normalized spacial score (nSPS) is 20.8. The van der Waals surface area contributed by atoms with Gasteiger partial charge < -0.3 is 9.47 Å². The van der Waals surface area contributed by atoms with Gasteiger partial charge in [-0.3, -0.25) is 4.79 Å². The van der Waals surface area contributed by atoms with Crippen LogP contribution in [0.2, 0.25) is 5.02 Å². The molecule has 2 aromatic rings. The number of carbonyl (C=O) groups is 1. The number of rotatable bonds is 6. The fourth-order valence-electron chi connectivity index (χ4n) is 3.29. The van der Waals surface area contributed by atoms with Gasteiger partial charge in [-0.25, -0.2) is 4.98 Å². The van der Waals surface area contributed by atoms with Crippen LogP contribution in [0.1, 0.15) is 25.6 Å². The first-order valence-electron chi connectivity index (χ1n) is 9.38. The Balaban J connectivity index is 1.72. The number of nitrogens with zero attached hydrogens (tertiary/aromatic N) is 2. The van der Waals surface area contributed by atoms with Gasteiger partial charge in [-0.15, -0.1) is 0 Å². The van der Waals surface area contributed by atoms with Crippen LogP contribution in [0.15, 0.2) is 53.6 Å². The molecule has 1 aromatic carbocycles. The molecule has 0 bridgehead atoms. The summed E-state index contributed by atoms with van der Waals surface area (Å²) in [6, 6.07) is 13.0. The van der Waals surface area contributed by atoms with Crippen LogP contribution in [0.3, 0.4) is 0 Å². The van der Waals surface area contributed by atoms with Crippen molar-refractivity contribution in [3.05, 3.63) is 64.3 Å². The monoisotopic (exact) mass is 484 g/mol. The lowest BCUT2D eigenvalue weighted by molar-refractivity contribution is -0.149. The van der Waals surface area contributed by atoms with Crippen LogP contribution >= 0.6 is 23.2 Å². The van der Waals surface area contributed by atoms with Gasteiger partial charge in [0.1, 0.15) is 16.9 Å². The van der Waals surface area contributed by atoms with Crippen molar-refractivity contribution in [2.75, 3.05) is 0 Å². The average Bonchev–Trinajstić information content (AvgIpc) is 3.27. The van der Waals surface area contributed by atoms with Crippen molar-refractivity contribution >= 4 is 29.2 Å². The van der Waals surface area contributed by atoms with Crippen molar-refractivity contribution in [1.82, 2.24) is 4.98 Å². The maximum atomic E-state index is 12.7. The molecule has 5 nitrogen and oxygen atoms in total. The van der Waals surface area contributed by atoms with E-state index in [1.165, 1.54) is 6.07 Å². The van der Waals surface area contributed by atoms with Crippen LogP contribution in [0.25, 0.3) is 0 Å². The molecule has 1 fully saturated rings. The Morgan fingerprint density at radius 1 is 1.25 bits per heavy atom. The van der Waals surface area contributed by atoms with Crippen molar-refractivity contribution in [3.63, 3.8) is 0 Å². The average molecular weight is 485 g/mol. The highest BCUT2D eigenvalue weighted by Gasteiger charge is 2.62. The summed E-state index contributed by atoms with van der Waals surface area (Å²) in [7, 11) is 0. The number of hydrogen-bond donors (Lipinski definition) is 0. The number of esters is 1. The minimum absolute atomic E-state index is 0.117. The van der Waals surface area contributed by atoms with E-state index < -0.39 is 40.5 Å². The molecule has 1 unspecified atom stereocenters. The van der Waals surface area contributed by atoms with E-state index >= 15 is 0 Å². The van der Waals surface area contributed by atoms with E-state index in [9.17, 15) is 23.2 Å². The Kier molecular flexibility index (Phi) is 6.72. The zero-order valence-corrected chi connectivity index (χ0v) is 18.4. The zero-order valence-electron chi connectivity index (χ0n) is 16.9. The minimum atomic E-state index is -4.70. The molecule has 0 amide bonds. The molecule has 0 N–H and O–H groups in total. The number of carbonyl (C=O) groups excluding carboxylic acids is 1. The smallest absolute Gasteiger partial charge is 0.426 e. The first-order valence-corrected chi connectivity index (χ1v) is 10.1. The fraction of sp³-hybridized carbons (Fsp3) is 0.318. The Morgan fingerprint density at radius 3 is 2.50 bits per heavy atom. The molecule has 168 valence electrons. The van der Waals surface area contributed by atoms with E-state index in [1.54, 1.807) is 50.2 Å². The predicted molar refractivity (Wildman–Crippen MR) is 111 cm³/mol. The Morgan fingerprint density at radius 2 is 1.91 bits per heavy atom. The first-order chi connectivity index (χ1) is 14.9. The number of aromatic nitrogens is 1. The topological polar surface area (TPSA) is 72.2 Å². The van der Waals surface area contributed by atoms with Crippen LogP contribution in [-0.2, 0) is 9.53 Å². The Hall–Kier alpha value is -2.76. The van der Waals surface area contributed by atoms with E-state index in [0.717, 1.165) is 6.08 Å². The van der Waals surface area contributed by atoms with Gasteiger partial charge in [-0.1, -0.05) is 49.2 Å². The lowest BCUT2D eigenvalue weighted by Gasteiger charge is -2.12. The van der Waals surface area contributed by atoms with Gasteiger partial charge in [-0.05, 0) is 41.7 Å². The molecule has 1 aromatic heterocycles. The van der Waals surface area contributed by atoms with E-state index in [1.807, 2.05) is 6.07 Å². The predicted octanol–water partition coefficient (Wildman–Crippen LogP) is 6.59. The number of allylic oxidation sites excluding steroid dienone is 2. The zero-order chi connectivity index (χ0) is 23.7. The molecule has 1 aliphatic rings. The molecule has 0 aliphatic heterocycles.